The van der Waals surface area contributed by atoms with Crippen molar-refractivity contribution in [2.45, 2.75) is 50.7 Å². The van der Waals surface area contributed by atoms with E-state index in [0.29, 0.717) is 5.56 Å². The Morgan fingerprint density at radius 3 is 1.77 bits per heavy atom. The van der Waals surface area contributed by atoms with E-state index in [1.807, 2.05) is 0 Å². The van der Waals surface area contributed by atoms with Gasteiger partial charge in [-0.3, -0.25) is 33.6 Å². The number of carboxylic acid groups (broad SMARTS) is 2. The lowest BCUT2D eigenvalue weighted by Crippen LogP contribution is -2.54. The second kappa shape index (κ2) is 16.7. The number of primary amides is 1. The summed E-state index contributed by atoms with van der Waals surface area (Å²) >= 11 is 0. The van der Waals surface area contributed by atoms with Gasteiger partial charge in [0, 0.05) is 19.8 Å². The van der Waals surface area contributed by atoms with Crippen molar-refractivity contribution >= 4 is 47.4 Å². The SMILES string of the molecule is CC(=O)N[C@@H](CCC(N)=O)C(=O)NCC(=O)NC(CC(=O)O)C(=O)NCC(=O)NC(Cc1ccccc1)C(=O)O. The van der Waals surface area contributed by atoms with Crippen LogP contribution in [0.2, 0.25) is 0 Å². The Morgan fingerprint density at radius 1 is 0.775 bits per heavy atom. The summed E-state index contributed by atoms with van der Waals surface area (Å²) in [5, 5.41) is 29.5. The third-order valence-electron chi connectivity index (χ3n) is 5.17. The fourth-order valence-electron chi connectivity index (χ4n) is 3.31. The smallest absolute Gasteiger partial charge is 0.326 e. The normalized spacial score (nSPS) is 12.5. The first kappa shape index (κ1) is 33.0. The van der Waals surface area contributed by atoms with E-state index in [4.69, 9.17) is 10.8 Å². The topological polar surface area (TPSA) is 263 Å². The van der Waals surface area contributed by atoms with Crippen LogP contribution in [0.4, 0.5) is 0 Å². The third kappa shape index (κ3) is 13.5. The van der Waals surface area contributed by atoms with Crippen LogP contribution >= 0.6 is 0 Å². The first-order valence-electron chi connectivity index (χ1n) is 12.0. The Kier molecular flexibility index (Phi) is 13.8. The first-order chi connectivity index (χ1) is 18.8. The largest absolute Gasteiger partial charge is 0.481 e. The zero-order chi connectivity index (χ0) is 30.2. The van der Waals surface area contributed by atoms with Crippen molar-refractivity contribution in [2.75, 3.05) is 13.1 Å². The van der Waals surface area contributed by atoms with E-state index < -0.39 is 85.0 Å². The van der Waals surface area contributed by atoms with Gasteiger partial charge in [-0.1, -0.05) is 30.3 Å². The number of benzene rings is 1. The van der Waals surface area contributed by atoms with Crippen molar-refractivity contribution in [3.05, 3.63) is 35.9 Å². The molecular weight excluding hydrogens is 532 g/mol. The molecule has 0 radical (unpaired) electrons. The molecule has 0 aliphatic rings. The number of carbonyl (C=O) groups is 8. The van der Waals surface area contributed by atoms with Gasteiger partial charge in [0.25, 0.3) is 0 Å². The second-order valence-electron chi connectivity index (χ2n) is 8.56. The number of aliphatic carboxylic acids is 2. The number of hydrogen-bond acceptors (Lipinski definition) is 8. The Bertz CT molecular complexity index is 1110. The fraction of sp³-hybridized carbons (Fsp3) is 0.417. The molecule has 2 unspecified atom stereocenters. The van der Waals surface area contributed by atoms with E-state index in [2.05, 4.69) is 26.6 Å². The number of carboxylic acids is 2. The quantitative estimate of drug-likeness (QED) is 0.0937. The van der Waals surface area contributed by atoms with Gasteiger partial charge in [0.1, 0.15) is 18.1 Å². The molecule has 1 rings (SSSR count). The van der Waals surface area contributed by atoms with Gasteiger partial charge in [-0.05, 0) is 12.0 Å². The molecule has 3 atom stereocenters. The third-order valence-corrected chi connectivity index (χ3v) is 5.17. The van der Waals surface area contributed by atoms with E-state index in [0.717, 1.165) is 6.92 Å². The van der Waals surface area contributed by atoms with Gasteiger partial charge in [0.05, 0.1) is 19.5 Å². The van der Waals surface area contributed by atoms with E-state index in [1.54, 1.807) is 30.3 Å². The van der Waals surface area contributed by atoms with Crippen molar-refractivity contribution in [2.24, 2.45) is 5.73 Å². The molecule has 0 saturated heterocycles. The van der Waals surface area contributed by atoms with Crippen LogP contribution in [0.25, 0.3) is 0 Å². The molecule has 16 nitrogen and oxygen atoms in total. The predicted molar refractivity (Wildman–Crippen MR) is 136 cm³/mol. The Morgan fingerprint density at radius 2 is 1.30 bits per heavy atom. The summed E-state index contributed by atoms with van der Waals surface area (Å²) in [5.74, 6) is -7.78. The molecular formula is C24H32N6O10. The second-order valence-corrected chi connectivity index (χ2v) is 8.56. The van der Waals surface area contributed by atoms with E-state index in [9.17, 15) is 43.5 Å². The lowest BCUT2D eigenvalue weighted by atomic mass is 10.1. The summed E-state index contributed by atoms with van der Waals surface area (Å²) < 4.78 is 0. The van der Waals surface area contributed by atoms with Gasteiger partial charge >= 0.3 is 11.9 Å². The first-order valence-corrected chi connectivity index (χ1v) is 12.0. The van der Waals surface area contributed by atoms with Crippen LogP contribution in [0.15, 0.2) is 30.3 Å². The Labute approximate surface area is 228 Å². The lowest BCUT2D eigenvalue weighted by Gasteiger charge is -2.19. The van der Waals surface area contributed by atoms with Crippen LogP contribution in [-0.4, -0.2) is 88.8 Å². The molecule has 0 spiro atoms. The summed E-state index contributed by atoms with van der Waals surface area (Å²) in [6.45, 7) is -0.286. The van der Waals surface area contributed by atoms with Crippen LogP contribution in [0.3, 0.4) is 0 Å². The predicted octanol–water partition coefficient (Wildman–Crippen LogP) is -3.24. The van der Waals surface area contributed by atoms with Gasteiger partial charge in [-0.2, -0.15) is 0 Å². The van der Waals surface area contributed by atoms with Crippen LogP contribution in [0, 0.1) is 0 Å². The molecule has 16 heteroatoms. The van der Waals surface area contributed by atoms with Crippen LogP contribution in [-0.2, 0) is 44.8 Å². The van der Waals surface area contributed by atoms with Crippen molar-refractivity contribution in [3.63, 3.8) is 0 Å². The highest BCUT2D eigenvalue weighted by Gasteiger charge is 2.26. The van der Waals surface area contributed by atoms with Crippen LogP contribution < -0.4 is 32.3 Å². The lowest BCUT2D eigenvalue weighted by molar-refractivity contribution is -0.142. The highest BCUT2D eigenvalue weighted by molar-refractivity contribution is 5.95. The zero-order valence-electron chi connectivity index (χ0n) is 21.6. The molecule has 0 bridgehead atoms. The maximum absolute atomic E-state index is 12.5. The molecule has 9 N–H and O–H groups in total. The molecule has 0 saturated carbocycles. The molecule has 0 fully saturated rings. The summed E-state index contributed by atoms with van der Waals surface area (Å²) in [6.07, 6.45) is -1.25. The van der Waals surface area contributed by atoms with Gasteiger partial charge in [-0.25, -0.2) is 4.79 Å². The van der Waals surface area contributed by atoms with Crippen molar-refractivity contribution in [3.8, 4) is 0 Å². The van der Waals surface area contributed by atoms with Crippen molar-refractivity contribution in [1.29, 1.82) is 0 Å². The molecule has 0 aliphatic heterocycles. The minimum atomic E-state index is -1.64. The van der Waals surface area contributed by atoms with Gasteiger partial charge in [-0.15, -0.1) is 0 Å². The summed E-state index contributed by atoms with van der Waals surface area (Å²) in [5.41, 5.74) is 5.69. The number of rotatable bonds is 17. The van der Waals surface area contributed by atoms with Crippen molar-refractivity contribution < 1.29 is 48.6 Å². The van der Waals surface area contributed by atoms with Gasteiger partial charge in [0.2, 0.25) is 35.4 Å². The summed E-state index contributed by atoms with van der Waals surface area (Å²) in [4.78, 5) is 94.3. The number of nitrogens with one attached hydrogen (secondary N) is 5. The molecule has 1 aromatic rings. The number of amides is 6. The fourth-order valence-corrected chi connectivity index (χ4v) is 3.31. The van der Waals surface area contributed by atoms with E-state index >= 15 is 0 Å². The average Bonchev–Trinajstić information content (AvgIpc) is 2.87. The molecule has 0 aliphatic carbocycles. The van der Waals surface area contributed by atoms with E-state index in [1.165, 1.54) is 0 Å². The summed E-state index contributed by atoms with van der Waals surface area (Å²) in [6, 6.07) is 4.37. The maximum Gasteiger partial charge on any atom is 0.326 e. The van der Waals surface area contributed by atoms with Gasteiger partial charge < -0.3 is 42.5 Å². The Balaban J connectivity index is 2.68. The highest BCUT2D eigenvalue weighted by Crippen LogP contribution is 2.03. The Hall–Kier alpha value is -5.02. The van der Waals surface area contributed by atoms with Gasteiger partial charge in [0.15, 0.2) is 0 Å². The molecule has 6 amide bonds. The monoisotopic (exact) mass is 564 g/mol. The molecule has 1 aromatic carbocycles. The minimum absolute atomic E-state index is 0.0232. The number of carbonyl (C=O) groups excluding carboxylic acids is 6. The molecule has 218 valence electrons. The maximum atomic E-state index is 12.5. The number of hydrogen-bond donors (Lipinski definition) is 8. The average molecular weight is 565 g/mol. The minimum Gasteiger partial charge on any atom is -0.481 e. The number of nitrogens with two attached hydrogens (primary N) is 1. The van der Waals surface area contributed by atoms with E-state index in [-0.39, 0.29) is 19.3 Å². The highest BCUT2D eigenvalue weighted by atomic mass is 16.4. The van der Waals surface area contributed by atoms with Crippen LogP contribution in [0.5, 0.6) is 0 Å². The molecule has 40 heavy (non-hydrogen) atoms. The molecule has 0 heterocycles. The van der Waals surface area contributed by atoms with Crippen molar-refractivity contribution in [1.82, 2.24) is 26.6 Å². The summed E-state index contributed by atoms with van der Waals surface area (Å²) in [7, 11) is 0. The zero-order valence-corrected chi connectivity index (χ0v) is 21.6. The molecule has 0 aromatic heterocycles. The van der Waals surface area contributed by atoms with Crippen LogP contribution in [0.1, 0.15) is 31.7 Å². The standard InChI is InChI=1S/C24H32N6O10/c1-13(31)28-15(7-8-18(25)32)22(37)26-11-19(33)29-16(10-21(35)36)23(38)27-12-20(34)30-17(24(39)40)9-14-5-3-2-4-6-14/h2-6,15-17H,7-12H2,1H3,(H2,25,32)(H,26,37)(H,27,38)(H,28,31)(H,29,33)(H,30,34)(H,35,36)(H,39,40)/t15-,16?,17?/m0/s1.